The van der Waals surface area contributed by atoms with Gasteiger partial charge in [-0.05, 0) is 42.8 Å². The van der Waals surface area contributed by atoms with Crippen LogP contribution >= 0.6 is 0 Å². The van der Waals surface area contributed by atoms with Crippen molar-refractivity contribution in [3.05, 3.63) is 59.2 Å². The van der Waals surface area contributed by atoms with E-state index in [9.17, 15) is 8.78 Å². The van der Waals surface area contributed by atoms with Gasteiger partial charge in [0.05, 0.1) is 7.11 Å². The van der Waals surface area contributed by atoms with Crippen molar-refractivity contribution >= 4 is 0 Å². The van der Waals surface area contributed by atoms with Gasteiger partial charge in [-0.1, -0.05) is 12.1 Å². The van der Waals surface area contributed by atoms with Gasteiger partial charge in [-0.15, -0.1) is 0 Å². The minimum absolute atomic E-state index is 0.0818. The number of ether oxygens (including phenoxy) is 2. The third-order valence-corrected chi connectivity index (χ3v) is 3.07. The summed E-state index contributed by atoms with van der Waals surface area (Å²) in [4.78, 5) is 0. The molecule has 2 aromatic carbocycles. The van der Waals surface area contributed by atoms with Gasteiger partial charge in [-0.3, -0.25) is 0 Å². The van der Waals surface area contributed by atoms with Crippen LogP contribution in [0.3, 0.4) is 0 Å². The van der Waals surface area contributed by atoms with Crippen LogP contribution in [0.25, 0.3) is 0 Å². The number of benzene rings is 2. The van der Waals surface area contributed by atoms with Crippen LogP contribution in [0.4, 0.5) is 8.78 Å². The summed E-state index contributed by atoms with van der Waals surface area (Å²) in [5.41, 5.74) is 6.59. The molecule has 2 aromatic rings. The van der Waals surface area contributed by atoms with Crippen molar-refractivity contribution in [2.75, 3.05) is 13.7 Å². The summed E-state index contributed by atoms with van der Waals surface area (Å²) in [6.07, 6.45) is 0.609. The zero-order valence-corrected chi connectivity index (χ0v) is 11.7. The van der Waals surface area contributed by atoms with Crippen molar-refractivity contribution in [3.8, 4) is 11.5 Å². The Labute approximate surface area is 122 Å². The molecular weight excluding hydrogens is 276 g/mol. The minimum Gasteiger partial charge on any atom is -0.493 e. The van der Waals surface area contributed by atoms with Crippen LogP contribution < -0.4 is 15.2 Å². The Morgan fingerprint density at radius 2 is 1.90 bits per heavy atom. The first-order valence-corrected chi connectivity index (χ1v) is 6.58. The number of hydrogen-bond acceptors (Lipinski definition) is 3. The molecule has 5 heteroatoms. The molecule has 0 spiro atoms. The standard InChI is InChI=1S/C16H17F2NO2/c1-20-15-4-2-3-11(7-8-19)16(15)21-10-12-9-13(17)5-6-14(12)18/h2-6,9H,7-8,10,19H2,1H3. The van der Waals surface area contributed by atoms with Gasteiger partial charge in [0, 0.05) is 5.56 Å². The van der Waals surface area contributed by atoms with Crippen LogP contribution in [0.15, 0.2) is 36.4 Å². The fourth-order valence-electron chi connectivity index (χ4n) is 2.04. The Morgan fingerprint density at radius 1 is 1.10 bits per heavy atom. The lowest BCUT2D eigenvalue weighted by Gasteiger charge is -2.15. The maximum absolute atomic E-state index is 13.6. The molecule has 0 radical (unpaired) electrons. The molecule has 0 saturated carbocycles. The molecule has 0 amide bonds. The van der Waals surface area contributed by atoms with Crippen LogP contribution in [0.1, 0.15) is 11.1 Å². The van der Waals surface area contributed by atoms with Crippen molar-refractivity contribution < 1.29 is 18.3 Å². The van der Waals surface area contributed by atoms with Gasteiger partial charge in [0.1, 0.15) is 18.2 Å². The second-order valence-electron chi connectivity index (χ2n) is 4.51. The Bertz CT molecular complexity index is 617. The molecule has 0 aliphatic rings. The molecule has 3 nitrogen and oxygen atoms in total. The Balaban J connectivity index is 2.24. The van der Waals surface area contributed by atoms with E-state index in [-0.39, 0.29) is 12.2 Å². The molecule has 0 saturated heterocycles. The van der Waals surface area contributed by atoms with E-state index in [1.165, 1.54) is 7.11 Å². The molecule has 21 heavy (non-hydrogen) atoms. The molecule has 0 aliphatic carbocycles. The Hall–Kier alpha value is -2.14. The number of hydrogen-bond donors (Lipinski definition) is 1. The highest BCUT2D eigenvalue weighted by Crippen LogP contribution is 2.32. The van der Waals surface area contributed by atoms with Crippen molar-refractivity contribution in [2.45, 2.75) is 13.0 Å². The molecule has 2 N–H and O–H groups in total. The molecular formula is C16H17F2NO2. The third kappa shape index (κ3) is 3.70. The number of nitrogens with two attached hydrogens (primary N) is 1. The molecule has 0 heterocycles. The fourth-order valence-corrected chi connectivity index (χ4v) is 2.04. The van der Waals surface area contributed by atoms with Gasteiger partial charge in [-0.25, -0.2) is 8.78 Å². The number of methoxy groups -OCH3 is 1. The summed E-state index contributed by atoms with van der Waals surface area (Å²) in [6, 6.07) is 8.72. The highest BCUT2D eigenvalue weighted by Gasteiger charge is 2.12. The van der Waals surface area contributed by atoms with Crippen LogP contribution in [-0.4, -0.2) is 13.7 Å². The van der Waals surface area contributed by atoms with Gasteiger partial charge >= 0.3 is 0 Å². The molecule has 0 unspecified atom stereocenters. The summed E-state index contributed by atoms with van der Waals surface area (Å²) >= 11 is 0. The average molecular weight is 293 g/mol. The molecule has 0 fully saturated rings. The lowest BCUT2D eigenvalue weighted by molar-refractivity contribution is 0.276. The van der Waals surface area contributed by atoms with E-state index in [2.05, 4.69) is 0 Å². The molecule has 0 bridgehead atoms. The smallest absolute Gasteiger partial charge is 0.164 e. The van der Waals surface area contributed by atoms with Crippen molar-refractivity contribution in [1.29, 1.82) is 0 Å². The first kappa shape index (κ1) is 15.3. The quantitative estimate of drug-likeness (QED) is 0.890. The normalized spacial score (nSPS) is 10.5. The molecule has 2 rings (SSSR count). The third-order valence-electron chi connectivity index (χ3n) is 3.07. The van der Waals surface area contributed by atoms with Crippen LogP contribution in [0.2, 0.25) is 0 Å². The summed E-state index contributed by atoms with van der Waals surface area (Å²) in [7, 11) is 1.52. The molecule has 0 aromatic heterocycles. The van der Waals surface area contributed by atoms with Crippen LogP contribution in [-0.2, 0) is 13.0 Å². The predicted molar refractivity (Wildman–Crippen MR) is 76.4 cm³/mol. The lowest BCUT2D eigenvalue weighted by atomic mass is 10.1. The maximum Gasteiger partial charge on any atom is 0.164 e. The van der Waals surface area contributed by atoms with Gasteiger partial charge < -0.3 is 15.2 Å². The van der Waals surface area contributed by atoms with Gasteiger partial charge in [0.15, 0.2) is 11.5 Å². The van der Waals surface area contributed by atoms with Gasteiger partial charge in [-0.2, -0.15) is 0 Å². The van der Waals surface area contributed by atoms with E-state index < -0.39 is 11.6 Å². The molecule has 112 valence electrons. The zero-order chi connectivity index (χ0) is 15.2. The molecule has 0 atom stereocenters. The summed E-state index contributed by atoms with van der Waals surface area (Å²) < 4.78 is 37.6. The lowest BCUT2D eigenvalue weighted by Crippen LogP contribution is -2.07. The Kier molecular flexibility index (Phi) is 5.11. The largest absolute Gasteiger partial charge is 0.493 e. The summed E-state index contributed by atoms with van der Waals surface area (Å²) in [5.74, 6) is 0.0377. The topological polar surface area (TPSA) is 44.5 Å². The number of rotatable bonds is 6. The first-order valence-electron chi connectivity index (χ1n) is 6.58. The van der Waals surface area contributed by atoms with Gasteiger partial charge in [0.25, 0.3) is 0 Å². The van der Waals surface area contributed by atoms with Crippen LogP contribution in [0, 0.1) is 11.6 Å². The average Bonchev–Trinajstić information content (AvgIpc) is 2.49. The summed E-state index contributed by atoms with van der Waals surface area (Å²) in [6.45, 7) is 0.374. The van der Waals surface area contributed by atoms with Crippen molar-refractivity contribution in [3.63, 3.8) is 0 Å². The monoisotopic (exact) mass is 293 g/mol. The second kappa shape index (κ2) is 7.04. The first-order chi connectivity index (χ1) is 10.2. The van der Waals surface area contributed by atoms with E-state index in [0.29, 0.717) is 24.5 Å². The minimum atomic E-state index is -0.508. The zero-order valence-electron chi connectivity index (χ0n) is 11.7. The predicted octanol–water partition coefficient (Wildman–Crippen LogP) is 3.05. The second-order valence-corrected chi connectivity index (χ2v) is 4.51. The van der Waals surface area contributed by atoms with E-state index >= 15 is 0 Å². The van der Waals surface area contributed by atoms with Crippen LogP contribution in [0.5, 0.6) is 11.5 Å². The number of halogens is 2. The highest BCUT2D eigenvalue weighted by atomic mass is 19.1. The number of para-hydroxylation sites is 1. The fraction of sp³-hybridized carbons (Fsp3) is 0.250. The van der Waals surface area contributed by atoms with Gasteiger partial charge in [0.2, 0.25) is 0 Å². The Morgan fingerprint density at radius 3 is 2.62 bits per heavy atom. The van der Waals surface area contributed by atoms with E-state index in [1.54, 1.807) is 6.07 Å². The van der Waals surface area contributed by atoms with E-state index in [1.807, 2.05) is 12.1 Å². The SMILES string of the molecule is COc1cccc(CCN)c1OCc1cc(F)ccc1F. The van der Waals surface area contributed by atoms with E-state index in [0.717, 1.165) is 23.8 Å². The maximum atomic E-state index is 13.6. The summed E-state index contributed by atoms with van der Waals surface area (Å²) in [5, 5.41) is 0. The van der Waals surface area contributed by atoms with Crippen molar-refractivity contribution in [2.24, 2.45) is 5.73 Å². The molecule has 0 aliphatic heterocycles. The van der Waals surface area contributed by atoms with Crippen molar-refractivity contribution in [1.82, 2.24) is 0 Å². The highest BCUT2D eigenvalue weighted by molar-refractivity contribution is 5.47. The van der Waals surface area contributed by atoms with E-state index in [4.69, 9.17) is 15.2 Å².